The minimum atomic E-state index is -0.369. The molecule has 0 spiro atoms. The lowest BCUT2D eigenvalue weighted by Gasteiger charge is -2.34. The smallest absolute Gasteiger partial charge is 0.244 e. The highest BCUT2D eigenvalue weighted by atomic mass is 32.1. The summed E-state index contributed by atoms with van der Waals surface area (Å²) >= 11 is 1.72. The Morgan fingerprint density at radius 2 is 2.30 bits per heavy atom. The van der Waals surface area contributed by atoms with Crippen molar-refractivity contribution < 1.29 is 9.53 Å². The third-order valence-electron chi connectivity index (χ3n) is 4.04. The molecule has 1 fully saturated rings. The van der Waals surface area contributed by atoms with Crippen molar-refractivity contribution in [2.45, 2.75) is 19.0 Å². The molecule has 0 saturated carbocycles. The van der Waals surface area contributed by atoms with Crippen LogP contribution in [0.25, 0.3) is 0 Å². The third kappa shape index (κ3) is 3.95. The van der Waals surface area contributed by atoms with Crippen molar-refractivity contribution in [3.63, 3.8) is 0 Å². The maximum absolute atomic E-state index is 12.4. The summed E-state index contributed by atoms with van der Waals surface area (Å²) in [6.07, 6.45) is 2.99. The van der Waals surface area contributed by atoms with E-state index in [4.69, 9.17) is 4.74 Å². The zero-order chi connectivity index (χ0) is 16.1. The summed E-state index contributed by atoms with van der Waals surface area (Å²) < 4.78 is 7.00. The first-order chi connectivity index (χ1) is 11.3. The number of amides is 1. The van der Waals surface area contributed by atoms with Crippen LogP contribution in [0.5, 0.6) is 0 Å². The number of morpholine rings is 1. The van der Waals surface area contributed by atoms with E-state index in [0.29, 0.717) is 6.54 Å². The highest BCUT2D eigenvalue weighted by molar-refractivity contribution is 7.10. The molecule has 0 bridgehead atoms. The molecule has 2 aromatic heterocycles. The van der Waals surface area contributed by atoms with Crippen LogP contribution >= 0.6 is 11.3 Å². The van der Waals surface area contributed by atoms with Crippen LogP contribution in [0.2, 0.25) is 0 Å². The van der Waals surface area contributed by atoms with Gasteiger partial charge in [0.05, 0.1) is 19.3 Å². The van der Waals surface area contributed by atoms with Crippen molar-refractivity contribution in [3.8, 4) is 0 Å². The van der Waals surface area contributed by atoms with Gasteiger partial charge in [-0.25, -0.2) is 9.67 Å². The van der Waals surface area contributed by atoms with Crippen molar-refractivity contribution >= 4 is 17.2 Å². The molecule has 3 rings (SSSR count). The van der Waals surface area contributed by atoms with Crippen LogP contribution in [-0.4, -0.2) is 58.4 Å². The average molecular weight is 335 g/mol. The van der Waals surface area contributed by atoms with Crippen LogP contribution in [0.4, 0.5) is 0 Å². The Bertz CT molecular complexity index is 595. The highest BCUT2D eigenvalue weighted by Crippen LogP contribution is 2.25. The summed E-state index contributed by atoms with van der Waals surface area (Å²) in [5.41, 5.74) is 0. The van der Waals surface area contributed by atoms with Crippen molar-refractivity contribution in [3.05, 3.63) is 35.0 Å². The molecule has 0 aliphatic carbocycles. The van der Waals surface area contributed by atoms with Gasteiger partial charge in [0.1, 0.15) is 18.7 Å². The second-order valence-corrected chi connectivity index (χ2v) is 6.46. The zero-order valence-electron chi connectivity index (χ0n) is 13.1. The van der Waals surface area contributed by atoms with Crippen molar-refractivity contribution in [1.29, 1.82) is 0 Å². The maximum Gasteiger partial charge on any atom is 0.244 e. The van der Waals surface area contributed by atoms with Gasteiger partial charge >= 0.3 is 0 Å². The molecule has 7 nitrogen and oxygen atoms in total. The first kappa shape index (κ1) is 16.1. The SMILES string of the molecule is C[C@@H](C(=O)NC[C@@H](c1cccs1)N1CCOCC1)n1cncn1. The topological polar surface area (TPSA) is 72.3 Å². The summed E-state index contributed by atoms with van der Waals surface area (Å²) in [6, 6.07) is 3.99. The fraction of sp³-hybridized carbons (Fsp3) is 0.533. The molecule has 1 saturated heterocycles. The number of rotatable bonds is 6. The van der Waals surface area contributed by atoms with Crippen LogP contribution in [0.3, 0.4) is 0 Å². The second-order valence-electron chi connectivity index (χ2n) is 5.48. The lowest BCUT2D eigenvalue weighted by Crippen LogP contribution is -2.44. The largest absolute Gasteiger partial charge is 0.379 e. The molecule has 1 aliphatic heterocycles. The average Bonchev–Trinajstić information content (AvgIpc) is 3.29. The second kappa shape index (κ2) is 7.67. The van der Waals surface area contributed by atoms with Crippen LogP contribution in [-0.2, 0) is 9.53 Å². The standard InChI is InChI=1S/C15H21N5O2S/c1-12(20-11-16-10-18-20)15(21)17-9-13(14-3-2-8-23-14)19-4-6-22-7-5-19/h2-3,8,10-13H,4-7,9H2,1H3,(H,17,21)/t12-,13-/m0/s1. The summed E-state index contributed by atoms with van der Waals surface area (Å²) in [4.78, 5) is 19.9. The Morgan fingerprint density at radius 3 is 2.96 bits per heavy atom. The van der Waals surface area contributed by atoms with Gasteiger partial charge in [-0.05, 0) is 18.4 Å². The van der Waals surface area contributed by atoms with E-state index in [1.807, 2.05) is 13.0 Å². The van der Waals surface area contributed by atoms with E-state index in [2.05, 4.69) is 31.7 Å². The molecule has 3 heterocycles. The van der Waals surface area contributed by atoms with Crippen LogP contribution in [0.1, 0.15) is 23.9 Å². The summed E-state index contributed by atoms with van der Waals surface area (Å²) in [6.45, 7) is 5.65. The fourth-order valence-corrected chi connectivity index (χ4v) is 3.52. The number of thiophene rings is 1. The van der Waals surface area contributed by atoms with E-state index in [1.54, 1.807) is 22.3 Å². The molecule has 8 heteroatoms. The number of hydrogen-bond acceptors (Lipinski definition) is 6. The Kier molecular flexibility index (Phi) is 5.37. The number of ether oxygens (including phenoxy) is 1. The van der Waals surface area contributed by atoms with Crippen molar-refractivity contribution in [2.75, 3.05) is 32.8 Å². The molecular weight excluding hydrogens is 314 g/mol. The minimum Gasteiger partial charge on any atom is -0.379 e. The Hall–Kier alpha value is -1.77. The molecule has 1 amide bonds. The van der Waals surface area contributed by atoms with Gasteiger partial charge in [-0.3, -0.25) is 9.69 Å². The maximum atomic E-state index is 12.4. The zero-order valence-corrected chi connectivity index (χ0v) is 13.9. The van der Waals surface area contributed by atoms with E-state index in [1.165, 1.54) is 11.2 Å². The number of hydrogen-bond donors (Lipinski definition) is 1. The fourth-order valence-electron chi connectivity index (χ4n) is 2.66. The monoisotopic (exact) mass is 335 g/mol. The summed E-state index contributed by atoms with van der Waals surface area (Å²) in [5.74, 6) is -0.0506. The van der Waals surface area contributed by atoms with Crippen molar-refractivity contribution in [2.24, 2.45) is 0 Å². The molecule has 23 heavy (non-hydrogen) atoms. The molecule has 2 aromatic rings. The first-order valence-corrected chi connectivity index (χ1v) is 8.60. The van der Waals surface area contributed by atoms with E-state index in [-0.39, 0.29) is 18.0 Å². The van der Waals surface area contributed by atoms with Gasteiger partial charge in [0.25, 0.3) is 0 Å². The quantitative estimate of drug-likeness (QED) is 0.855. The third-order valence-corrected chi connectivity index (χ3v) is 5.01. The van der Waals surface area contributed by atoms with Gasteiger partial charge in [-0.15, -0.1) is 11.3 Å². The first-order valence-electron chi connectivity index (χ1n) is 7.72. The number of nitrogens with zero attached hydrogens (tertiary/aromatic N) is 4. The molecular formula is C15H21N5O2S. The van der Waals surface area contributed by atoms with Gasteiger partial charge < -0.3 is 10.1 Å². The van der Waals surface area contributed by atoms with E-state index >= 15 is 0 Å². The molecule has 0 aromatic carbocycles. The van der Waals surface area contributed by atoms with Crippen molar-refractivity contribution in [1.82, 2.24) is 25.0 Å². The number of carbonyl (C=O) groups is 1. The van der Waals surface area contributed by atoms with Gasteiger partial charge in [-0.2, -0.15) is 5.10 Å². The van der Waals surface area contributed by atoms with Crippen LogP contribution in [0.15, 0.2) is 30.2 Å². The normalized spacial score (nSPS) is 18.5. The Labute approximate surface area is 139 Å². The molecule has 2 atom stereocenters. The Balaban J connectivity index is 1.63. The molecule has 1 aliphatic rings. The van der Waals surface area contributed by atoms with Crippen LogP contribution < -0.4 is 5.32 Å². The number of aromatic nitrogens is 3. The van der Waals surface area contributed by atoms with Gasteiger partial charge in [0, 0.05) is 24.5 Å². The summed E-state index contributed by atoms with van der Waals surface area (Å²) in [7, 11) is 0. The van der Waals surface area contributed by atoms with Gasteiger partial charge in [-0.1, -0.05) is 6.07 Å². The molecule has 0 unspecified atom stereocenters. The molecule has 1 N–H and O–H groups in total. The lowest BCUT2D eigenvalue weighted by molar-refractivity contribution is -0.124. The highest BCUT2D eigenvalue weighted by Gasteiger charge is 2.25. The predicted octanol–water partition coefficient (Wildman–Crippen LogP) is 1.09. The number of nitrogens with one attached hydrogen (secondary N) is 1. The predicted molar refractivity (Wildman–Crippen MR) is 87.2 cm³/mol. The number of carbonyl (C=O) groups excluding carboxylic acids is 1. The van der Waals surface area contributed by atoms with Gasteiger partial charge in [0.15, 0.2) is 0 Å². The van der Waals surface area contributed by atoms with E-state index in [0.717, 1.165) is 26.3 Å². The van der Waals surface area contributed by atoms with E-state index in [9.17, 15) is 4.79 Å². The van der Waals surface area contributed by atoms with Crippen LogP contribution in [0, 0.1) is 0 Å². The van der Waals surface area contributed by atoms with Gasteiger partial charge in [0.2, 0.25) is 5.91 Å². The lowest BCUT2D eigenvalue weighted by atomic mass is 10.2. The molecule has 124 valence electrons. The molecule has 0 radical (unpaired) electrons. The summed E-state index contributed by atoms with van der Waals surface area (Å²) in [5, 5.41) is 9.15. The van der Waals surface area contributed by atoms with E-state index < -0.39 is 0 Å². The minimum absolute atomic E-state index is 0.0506. The Morgan fingerprint density at radius 1 is 1.48 bits per heavy atom.